The summed E-state index contributed by atoms with van der Waals surface area (Å²) in [6.45, 7) is 0. The fourth-order valence-electron chi connectivity index (χ4n) is 2.17. The minimum atomic E-state index is -0.615. The van der Waals surface area contributed by atoms with Gasteiger partial charge in [-0.2, -0.15) is 0 Å². The first kappa shape index (κ1) is 10.7. The van der Waals surface area contributed by atoms with E-state index in [-0.39, 0.29) is 11.3 Å². The number of phenols is 1. The van der Waals surface area contributed by atoms with Crippen LogP contribution in [0.2, 0.25) is 0 Å². The summed E-state index contributed by atoms with van der Waals surface area (Å²) < 4.78 is 4.56. The van der Waals surface area contributed by atoms with E-state index < -0.39 is 5.97 Å². The summed E-state index contributed by atoms with van der Waals surface area (Å²) >= 11 is 0. The molecule has 0 saturated heterocycles. The molecule has 4 heteroatoms. The summed E-state index contributed by atoms with van der Waals surface area (Å²) in [5.74, 6) is -0.653. The van der Waals surface area contributed by atoms with Crippen LogP contribution < -0.4 is 0 Å². The molecule has 0 bridgehead atoms. The molecule has 0 saturated carbocycles. The summed E-state index contributed by atoms with van der Waals surface area (Å²) in [7, 11) is 1.25. The number of ether oxygens (including phenoxy) is 1. The number of rotatable bonds is 2. The third kappa shape index (κ3) is 1.46. The Morgan fingerprint density at radius 3 is 2.75 bits per heavy atom. The molecule has 1 aromatic rings. The maximum atomic E-state index is 11.4. The van der Waals surface area contributed by atoms with E-state index in [0.29, 0.717) is 17.5 Å². The van der Waals surface area contributed by atoms with Gasteiger partial charge < -0.3 is 9.84 Å². The number of benzene rings is 1. The molecule has 0 aromatic heterocycles. The van der Waals surface area contributed by atoms with Crippen LogP contribution in [0.4, 0.5) is 0 Å². The zero-order valence-corrected chi connectivity index (χ0v) is 8.95. The first-order chi connectivity index (χ1) is 7.69. The number of hydrogen-bond donors (Lipinski definition) is 1. The zero-order valence-electron chi connectivity index (χ0n) is 8.95. The fourth-order valence-corrected chi connectivity index (χ4v) is 2.17. The Bertz CT molecular complexity index is 463. The van der Waals surface area contributed by atoms with Crippen molar-refractivity contribution in [3.63, 3.8) is 0 Å². The number of esters is 1. The fraction of sp³-hybridized carbons (Fsp3) is 0.333. The van der Waals surface area contributed by atoms with Gasteiger partial charge in [0.25, 0.3) is 0 Å². The predicted molar refractivity (Wildman–Crippen MR) is 56.9 cm³/mol. The highest BCUT2D eigenvalue weighted by Gasteiger charge is 2.24. The number of aldehydes is 1. The molecular formula is C12H12O4. The van der Waals surface area contributed by atoms with E-state index in [2.05, 4.69) is 4.74 Å². The maximum Gasteiger partial charge on any atom is 0.341 e. The second-order valence-corrected chi connectivity index (χ2v) is 3.78. The van der Waals surface area contributed by atoms with Crippen molar-refractivity contribution in [3.05, 3.63) is 28.3 Å². The number of carbonyl (C=O) groups is 2. The number of aromatic hydroxyl groups is 1. The maximum absolute atomic E-state index is 11.4. The third-order valence-corrected chi connectivity index (χ3v) is 2.94. The second-order valence-electron chi connectivity index (χ2n) is 3.78. The lowest BCUT2D eigenvalue weighted by Crippen LogP contribution is -2.05. The van der Waals surface area contributed by atoms with Crippen molar-refractivity contribution in [3.8, 4) is 5.75 Å². The number of hydrogen-bond acceptors (Lipinski definition) is 4. The SMILES string of the molecule is COC(=O)c1cc(C=O)c2c(c1O)CCC2. The topological polar surface area (TPSA) is 63.6 Å². The Kier molecular flexibility index (Phi) is 2.64. The van der Waals surface area contributed by atoms with Crippen LogP contribution in [0.15, 0.2) is 6.07 Å². The van der Waals surface area contributed by atoms with Crippen molar-refractivity contribution >= 4 is 12.3 Å². The molecule has 1 aromatic carbocycles. The van der Waals surface area contributed by atoms with Crippen LogP contribution in [0.25, 0.3) is 0 Å². The Morgan fingerprint density at radius 2 is 2.12 bits per heavy atom. The van der Waals surface area contributed by atoms with Crippen molar-refractivity contribution in [2.45, 2.75) is 19.3 Å². The van der Waals surface area contributed by atoms with E-state index in [1.54, 1.807) is 0 Å². The Hall–Kier alpha value is -1.84. The third-order valence-electron chi connectivity index (χ3n) is 2.94. The molecule has 0 fully saturated rings. The van der Waals surface area contributed by atoms with Crippen LogP contribution in [0.5, 0.6) is 5.75 Å². The smallest absolute Gasteiger partial charge is 0.341 e. The van der Waals surface area contributed by atoms with Crippen LogP contribution in [-0.4, -0.2) is 24.5 Å². The average Bonchev–Trinajstić information content (AvgIpc) is 2.78. The highest BCUT2D eigenvalue weighted by Crippen LogP contribution is 2.35. The molecular weight excluding hydrogens is 208 g/mol. The van der Waals surface area contributed by atoms with Gasteiger partial charge in [0.1, 0.15) is 17.6 Å². The van der Waals surface area contributed by atoms with Crippen LogP contribution in [-0.2, 0) is 17.6 Å². The van der Waals surface area contributed by atoms with Gasteiger partial charge in [-0.3, -0.25) is 4.79 Å². The predicted octanol–water partition coefficient (Wildman–Crippen LogP) is 1.48. The first-order valence-electron chi connectivity index (χ1n) is 5.10. The van der Waals surface area contributed by atoms with Crippen molar-refractivity contribution in [1.29, 1.82) is 0 Å². The van der Waals surface area contributed by atoms with E-state index in [1.165, 1.54) is 13.2 Å². The van der Waals surface area contributed by atoms with Gasteiger partial charge in [0.05, 0.1) is 7.11 Å². The standard InChI is InChI=1S/C12H12O4/c1-16-12(15)10-5-7(6-13)8-3-2-4-9(8)11(10)14/h5-6,14H,2-4H2,1H3. The minimum absolute atomic E-state index is 0.0371. The lowest BCUT2D eigenvalue weighted by Gasteiger charge is -2.10. The van der Waals surface area contributed by atoms with Crippen molar-refractivity contribution < 1.29 is 19.4 Å². The summed E-state index contributed by atoms with van der Waals surface area (Å²) in [6.07, 6.45) is 3.09. The van der Waals surface area contributed by atoms with Crippen LogP contribution >= 0.6 is 0 Å². The average molecular weight is 220 g/mol. The minimum Gasteiger partial charge on any atom is -0.507 e. The lowest BCUT2D eigenvalue weighted by atomic mass is 9.99. The molecule has 1 N–H and O–H groups in total. The van der Waals surface area contributed by atoms with Gasteiger partial charge in [-0.05, 0) is 36.5 Å². The molecule has 2 rings (SSSR count). The van der Waals surface area contributed by atoms with Crippen molar-refractivity contribution in [2.75, 3.05) is 7.11 Å². The second kappa shape index (κ2) is 3.96. The highest BCUT2D eigenvalue weighted by atomic mass is 16.5. The molecule has 16 heavy (non-hydrogen) atoms. The van der Waals surface area contributed by atoms with Gasteiger partial charge in [-0.25, -0.2) is 4.79 Å². The molecule has 84 valence electrons. The van der Waals surface area contributed by atoms with Gasteiger partial charge in [0, 0.05) is 5.56 Å². The molecule has 0 aliphatic heterocycles. The monoisotopic (exact) mass is 220 g/mol. The number of phenolic OH excluding ortho intramolecular Hbond substituents is 1. The van der Waals surface area contributed by atoms with E-state index in [9.17, 15) is 14.7 Å². The van der Waals surface area contributed by atoms with Crippen LogP contribution in [0.3, 0.4) is 0 Å². The first-order valence-corrected chi connectivity index (χ1v) is 5.10. The Morgan fingerprint density at radius 1 is 1.44 bits per heavy atom. The van der Waals surface area contributed by atoms with E-state index in [0.717, 1.165) is 24.7 Å². The van der Waals surface area contributed by atoms with Crippen LogP contribution in [0, 0.1) is 0 Å². The highest BCUT2D eigenvalue weighted by molar-refractivity contribution is 5.96. The molecule has 0 heterocycles. The summed E-state index contributed by atoms with van der Waals surface area (Å²) in [4.78, 5) is 22.3. The van der Waals surface area contributed by atoms with Crippen molar-refractivity contribution in [1.82, 2.24) is 0 Å². The van der Waals surface area contributed by atoms with E-state index in [4.69, 9.17) is 0 Å². The number of fused-ring (bicyclic) bond motifs is 1. The van der Waals surface area contributed by atoms with Gasteiger partial charge in [0.15, 0.2) is 0 Å². The summed E-state index contributed by atoms with van der Waals surface area (Å²) in [5, 5.41) is 9.91. The quantitative estimate of drug-likeness (QED) is 0.605. The normalized spacial score (nSPS) is 13.3. The van der Waals surface area contributed by atoms with E-state index >= 15 is 0 Å². The molecule has 0 unspecified atom stereocenters. The van der Waals surface area contributed by atoms with Gasteiger partial charge >= 0.3 is 5.97 Å². The molecule has 0 spiro atoms. The summed E-state index contributed by atoms with van der Waals surface area (Å²) in [6, 6.07) is 1.40. The molecule has 0 radical (unpaired) electrons. The number of methoxy groups -OCH3 is 1. The van der Waals surface area contributed by atoms with E-state index in [1.807, 2.05) is 0 Å². The molecule has 0 amide bonds. The van der Waals surface area contributed by atoms with Gasteiger partial charge in [0.2, 0.25) is 0 Å². The molecule has 1 aliphatic rings. The molecule has 1 aliphatic carbocycles. The summed E-state index contributed by atoms with van der Waals surface area (Å²) in [5.41, 5.74) is 2.13. The Balaban J connectivity index is 2.64. The lowest BCUT2D eigenvalue weighted by molar-refractivity contribution is 0.0597. The zero-order chi connectivity index (χ0) is 11.7. The largest absolute Gasteiger partial charge is 0.507 e. The van der Waals surface area contributed by atoms with Crippen LogP contribution in [0.1, 0.15) is 38.3 Å². The van der Waals surface area contributed by atoms with Gasteiger partial charge in [-0.1, -0.05) is 0 Å². The van der Waals surface area contributed by atoms with Gasteiger partial charge in [-0.15, -0.1) is 0 Å². The Labute approximate surface area is 92.8 Å². The number of carbonyl (C=O) groups excluding carboxylic acids is 2. The molecule has 0 atom stereocenters. The van der Waals surface area contributed by atoms with Crippen molar-refractivity contribution in [2.24, 2.45) is 0 Å². The molecule has 4 nitrogen and oxygen atoms in total.